The highest BCUT2D eigenvalue weighted by atomic mass is 32.1. The first-order chi connectivity index (χ1) is 11.2. The molecule has 0 aliphatic carbocycles. The van der Waals surface area contributed by atoms with Crippen LogP contribution in [-0.2, 0) is 17.9 Å². The molecule has 0 radical (unpaired) electrons. The molecule has 4 rings (SSSR count). The van der Waals surface area contributed by atoms with Gasteiger partial charge in [-0.25, -0.2) is 9.67 Å². The minimum atomic E-state index is -0.280. The molecule has 1 aliphatic heterocycles. The average Bonchev–Trinajstić information content (AvgIpc) is 3.21. The summed E-state index contributed by atoms with van der Waals surface area (Å²) in [6, 6.07) is 0. The number of tetrazole rings is 1. The van der Waals surface area contributed by atoms with Gasteiger partial charge in [-0.3, -0.25) is 9.20 Å². The number of aryl methyl sites for hydroxylation is 2. The van der Waals surface area contributed by atoms with E-state index in [0.717, 1.165) is 42.2 Å². The van der Waals surface area contributed by atoms with Crippen LogP contribution < -0.4 is 5.32 Å². The van der Waals surface area contributed by atoms with E-state index in [1.807, 2.05) is 17.5 Å². The Bertz CT molecular complexity index is 848. The molecule has 1 aliphatic rings. The minimum absolute atomic E-state index is 0.0315. The standard InChI is InChI=1S/C14H17N7OS/c1-9-8-23-14-16-10(7-20(9)14)6-15-13(22)11-4-2-3-5-21-12(11)17-18-19-21/h7-8,11H,2-6H2,1H3,(H,15,22). The molecule has 120 valence electrons. The first-order valence-electron chi connectivity index (χ1n) is 7.68. The molecule has 9 heteroatoms. The average molecular weight is 331 g/mol. The maximum absolute atomic E-state index is 12.6. The third kappa shape index (κ3) is 2.61. The van der Waals surface area contributed by atoms with E-state index in [2.05, 4.69) is 31.2 Å². The van der Waals surface area contributed by atoms with Crippen molar-refractivity contribution in [2.45, 2.75) is 45.2 Å². The van der Waals surface area contributed by atoms with Gasteiger partial charge in [-0.1, -0.05) is 6.42 Å². The fourth-order valence-electron chi connectivity index (χ4n) is 2.93. The SMILES string of the molecule is Cc1csc2nc(CNC(=O)C3CCCCn4nnnc43)cn12. The van der Waals surface area contributed by atoms with Crippen LogP contribution in [0.4, 0.5) is 0 Å². The van der Waals surface area contributed by atoms with Gasteiger partial charge >= 0.3 is 0 Å². The third-order valence-electron chi connectivity index (χ3n) is 4.18. The highest BCUT2D eigenvalue weighted by Crippen LogP contribution is 2.24. The van der Waals surface area contributed by atoms with Crippen molar-refractivity contribution in [1.29, 1.82) is 0 Å². The molecule has 0 spiro atoms. The fraction of sp³-hybridized carbons (Fsp3) is 0.500. The molecule has 1 N–H and O–H groups in total. The Hall–Kier alpha value is -2.29. The Morgan fingerprint density at radius 2 is 2.39 bits per heavy atom. The number of nitrogens with one attached hydrogen (secondary N) is 1. The van der Waals surface area contributed by atoms with E-state index >= 15 is 0 Å². The number of thiazole rings is 1. The van der Waals surface area contributed by atoms with Gasteiger partial charge in [-0.05, 0) is 30.2 Å². The Kier molecular flexibility index (Phi) is 3.56. The van der Waals surface area contributed by atoms with Crippen molar-refractivity contribution in [3.05, 3.63) is 28.8 Å². The topological polar surface area (TPSA) is 90.0 Å². The predicted molar refractivity (Wildman–Crippen MR) is 84.1 cm³/mol. The molecule has 23 heavy (non-hydrogen) atoms. The summed E-state index contributed by atoms with van der Waals surface area (Å²) in [6.07, 6.45) is 4.74. The number of fused-ring (bicyclic) bond motifs is 2. The van der Waals surface area contributed by atoms with Gasteiger partial charge in [0.2, 0.25) is 5.91 Å². The molecule has 1 unspecified atom stereocenters. The largest absolute Gasteiger partial charge is 0.350 e. The van der Waals surface area contributed by atoms with E-state index in [9.17, 15) is 4.79 Å². The van der Waals surface area contributed by atoms with Gasteiger partial charge < -0.3 is 5.32 Å². The first-order valence-corrected chi connectivity index (χ1v) is 8.56. The van der Waals surface area contributed by atoms with Gasteiger partial charge in [-0.2, -0.15) is 0 Å². The summed E-state index contributed by atoms with van der Waals surface area (Å²) in [4.78, 5) is 18.0. The third-order valence-corrected chi connectivity index (χ3v) is 5.14. The van der Waals surface area contributed by atoms with Crippen molar-refractivity contribution in [1.82, 2.24) is 34.9 Å². The number of carbonyl (C=O) groups excluding carboxylic acids is 1. The van der Waals surface area contributed by atoms with Gasteiger partial charge in [0, 0.05) is 23.8 Å². The molecule has 4 heterocycles. The van der Waals surface area contributed by atoms with Gasteiger partial charge in [0.25, 0.3) is 0 Å². The summed E-state index contributed by atoms with van der Waals surface area (Å²) in [7, 11) is 0. The minimum Gasteiger partial charge on any atom is -0.350 e. The van der Waals surface area contributed by atoms with Crippen LogP contribution in [0.5, 0.6) is 0 Å². The number of imidazole rings is 1. The summed E-state index contributed by atoms with van der Waals surface area (Å²) >= 11 is 1.60. The monoisotopic (exact) mass is 331 g/mol. The number of carbonyl (C=O) groups is 1. The van der Waals surface area contributed by atoms with Gasteiger partial charge in [0.15, 0.2) is 10.8 Å². The Labute approximate surface area is 136 Å². The molecular formula is C14H17N7OS. The van der Waals surface area contributed by atoms with Crippen LogP contribution in [0.3, 0.4) is 0 Å². The van der Waals surface area contributed by atoms with Crippen LogP contribution in [0.25, 0.3) is 4.96 Å². The van der Waals surface area contributed by atoms with Crippen LogP contribution >= 0.6 is 11.3 Å². The first kappa shape index (κ1) is 14.3. The Balaban J connectivity index is 1.47. The maximum atomic E-state index is 12.6. The summed E-state index contributed by atoms with van der Waals surface area (Å²) in [6.45, 7) is 3.24. The number of nitrogens with zero attached hydrogens (tertiary/aromatic N) is 6. The highest BCUT2D eigenvalue weighted by Gasteiger charge is 2.28. The molecule has 1 amide bonds. The van der Waals surface area contributed by atoms with Crippen LogP contribution in [0, 0.1) is 6.92 Å². The van der Waals surface area contributed by atoms with Crippen LogP contribution in [0.1, 0.15) is 42.4 Å². The lowest BCUT2D eigenvalue weighted by Gasteiger charge is -2.12. The molecule has 0 bridgehead atoms. The van der Waals surface area contributed by atoms with Crippen molar-refractivity contribution in [3.63, 3.8) is 0 Å². The number of hydrogen-bond donors (Lipinski definition) is 1. The zero-order valence-electron chi connectivity index (χ0n) is 12.8. The smallest absolute Gasteiger partial charge is 0.231 e. The molecule has 3 aromatic heterocycles. The molecule has 0 saturated heterocycles. The van der Waals surface area contributed by atoms with Gasteiger partial charge in [0.05, 0.1) is 18.2 Å². The summed E-state index contributed by atoms with van der Waals surface area (Å²) in [5, 5.41) is 16.7. The summed E-state index contributed by atoms with van der Waals surface area (Å²) < 4.78 is 3.78. The van der Waals surface area contributed by atoms with E-state index in [4.69, 9.17) is 0 Å². The molecule has 0 saturated carbocycles. The van der Waals surface area contributed by atoms with Gasteiger partial charge in [0.1, 0.15) is 0 Å². The van der Waals surface area contributed by atoms with E-state index in [1.165, 1.54) is 0 Å². The predicted octanol–water partition coefficient (Wildman–Crippen LogP) is 1.27. The lowest BCUT2D eigenvalue weighted by atomic mass is 10.0. The van der Waals surface area contributed by atoms with E-state index in [1.54, 1.807) is 16.0 Å². The second kappa shape index (κ2) is 5.73. The number of aromatic nitrogens is 6. The Morgan fingerprint density at radius 3 is 3.26 bits per heavy atom. The molecule has 0 fully saturated rings. The lowest BCUT2D eigenvalue weighted by Crippen LogP contribution is -2.30. The van der Waals surface area contributed by atoms with Crippen molar-refractivity contribution < 1.29 is 4.79 Å². The van der Waals surface area contributed by atoms with Crippen LogP contribution in [0.15, 0.2) is 11.6 Å². The zero-order valence-corrected chi connectivity index (χ0v) is 13.6. The molecule has 3 aromatic rings. The molecular weight excluding hydrogens is 314 g/mol. The number of rotatable bonds is 3. The van der Waals surface area contributed by atoms with Crippen molar-refractivity contribution in [3.8, 4) is 0 Å². The lowest BCUT2D eigenvalue weighted by molar-refractivity contribution is -0.123. The normalized spacial score (nSPS) is 17.9. The highest BCUT2D eigenvalue weighted by molar-refractivity contribution is 7.15. The Morgan fingerprint density at radius 1 is 1.48 bits per heavy atom. The number of hydrogen-bond acceptors (Lipinski definition) is 6. The molecule has 1 atom stereocenters. The molecule has 8 nitrogen and oxygen atoms in total. The fourth-order valence-corrected chi connectivity index (χ4v) is 3.80. The van der Waals surface area contributed by atoms with Crippen LogP contribution in [-0.4, -0.2) is 35.5 Å². The second-order valence-corrected chi connectivity index (χ2v) is 6.62. The van der Waals surface area contributed by atoms with Crippen molar-refractivity contribution in [2.24, 2.45) is 0 Å². The number of amides is 1. The van der Waals surface area contributed by atoms with Crippen LogP contribution in [0.2, 0.25) is 0 Å². The molecule has 0 aromatic carbocycles. The quantitative estimate of drug-likeness (QED) is 0.781. The second-order valence-electron chi connectivity index (χ2n) is 5.79. The summed E-state index contributed by atoms with van der Waals surface area (Å²) in [5.41, 5.74) is 2.01. The van der Waals surface area contributed by atoms with E-state index in [-0.39, 0.29) is 11.8 Å². The summed E-state index contributed by atoms with van der Waals surface area (Å²) in [5.74, 6) is 0.357. The van der Waals surface area contributed by atoms with Gasteiger partial charge in [-0.15, -0.1) is 16.4 Å². The van der Waals surface area contributed by atoms with Crippen molar-refractivity contribution in [2.75, 3.05) is 0 Å². The zero-order chi connectivity index (χ0) is 15.8. The maximum Gasteiger partial charge on any atom is 0.231 e. The van der Waals surface area contributed by atoms with E-state index in [0.29, 0.717) is 12.4 Å². The van der Waals surface area contributed by atoms with Crippen molar-refractivity contribution >= 4 is 22.2 Å². The van der Waals surface area contributed by atoms with E-state index < -0.39 is 0 Å².